The van der Waals surface area contributed by atoms with E-state index in [2.05, 4.69) is 4.72 Å². The molecule has 0 bridgehead atoms. The minimum Gasteiger partial charge on any atom is -0.480 e. The first kappa shape index (κ1) is 23.9. The van der Waals surface area contributed by atoms with Gasteiger partial charge in [-0.3, -0.25) is 4.79 Å². The molecule has 0 saturated carbocycles. The van der Waals surface area contributed by atoms with E-state index in [1.54, 1.807) is 24.3 Å². The first-order valence-corrected chi connectivity index (χ1v) is 12.6. The standard InChI is InChI=1S/C25H27N3O5S/c26-16-18-9-7-17(8-10-18)14-22(24(29)28-13-3-6-23(28)25(30)31)27-34(32,33)21-12-11-19-4-1-2-5-20(19)15-21/h1-2,4-5,7-12,15,22-23,27H,3,6,13-14,16,26H2,(H,30,31)/t22-,23+/m0/s1. The molecule has 2 atom stereocenters. The van der Waals surface area contributed by atoms with Crippen LogP contribution in [0.5, 0.6) is 0 Å². The quantitative estimate of drug-likeness (QED) is 0.453. The highest BCUT2D eigenvalue weighted by atomic mass is 32.2. The third kappa shape index (κ3) is 5.11. The SMILES string of the molecule is NCc1ccc(C[C@H](NS(=O)(=O)c2ccc3ccccc3c2)C(=O)N2CCC[C@@H]2C(=O)O)cc1. The predicted octanol–water partition coefficient (Wildman–Crippen LogP) is 2.26. The molecular formula is C25H27N3O5S. The summed E-state index contributed by atoms with van der Waals surface area (Å²) in [6.07, 6.45) is 0.980. The number of nitrogens with zero attached hydrogens (tertiary/aromatic N) is 1. The van der Waals surface area contributed by atoms with Crippen molar-refractivity contribution in [3.8, 4) is 0 Å². The maximum absolute atomic E-state index is 13.4. The molecule has 1 aliphatic heterocycles. The summed E-state index contributed by atoms with van der Waals surface area (Å²) < 4.78 is 29.1. The van der Waals surface area contributed by atoms with Gasteiger partial charge in [-0.05, 0) is 53.3 Å². The average molecular weight is 482 g/mol. The van der Waals surface area contributed by atoms with E-state index in [4.69, 9.17) is 5.73 Å². The van der Waals surface area contributed by atoms with Gasteiger partial charge in [-0.1, -0.05) is 54.6 Å². The fourth-order valence-electron chi connectivity index (χ4n) is 4.30. The first-order valence-electron chi connectivity index (χ1n) is 11.1. The molecule has 9 heteroatoms. The highest BCUT2D eigenvalue weighted by molar-refractivity contribution is 7.89. The van der Waals surface area contributed by atoms with Gasteiger partial charge in [0.15, 0.2) is 0 Å². The second-order valence-corrected chi connectivity index (χ2v) is 10.1. The second-order valence-electron chi connectivity index (χ2n) is 8.44. The minimum atomic E-state index is -4.06. The van der Waals surface area contributed by atoms with Crippen LogP contribution in [-0.2, 0) is 32.6 Å². The molecule has 8 nitrogen and oxygen atoms in total. The van der Waals surface area contributed by atoms with Crippen LogP contribution in [0.15, 0.2) is 71.6 Å². The summed E-state index contributed by atoms with van der Waals surface area (Å²) in [4.78, 5) is 26.4. The summed E-state index contributed by atoms with van der Waals surface area (Å²) in [5, 5.41) is 11.2. The summed E-state index contributed by atoms with van der Waals surface area (Å²) in [7, 11) is -4.06. The van der Waals surface area contributed by atoms with Crippen molar-refractivity contribution in [2.45, 2.75) is 42.8 Å². The van der Waals surface area contributed by atoms with Crippen molar-refractivity contribution in [1.82, 2.24) is 9.62 Å². The zero-order valence-corrected chi connectivity index (χ0v) is 19.4. The number of rotatable bonds is 8. The monoisotopic (exact) mass is 481 g/mol. The molecule has 1 amide bonds. The second kappa shape index (κ2) is 9.92. The Hall–Kier alpha value is -3.27. The van der Waals surface area contributed by atoms with Crippen LogP contribution in [0.4, 0.5) is 0 Å². The summed E-state index contributed by atoms with van der Waals surface area (Å²) in [5.41, 5.74) is 7.30. The molecule has 0 spiro atoms. The normalized spacial score (nSPS) is 17.1. The van der Waals surface area contributed by atoms with Crippen LogP contribution in [0.2, 0.25) is 0 Å². The number of carboxylic acids is 1. The Morgan fingerprint density at radius 3 is 2.38 bits per heavy atom. The Labute approximate surface area is 198 Å². The van der Waals surface area contributed by atoms with Crippen molar-refractivity contribution >= 4 is 32.7 Å². The number of sulfonamides is 1. The number of amides is 1. The molecule has 1 aliphatic rings. The minimum absolute atomic E-state index is 0.0405. The molecular weight excluding hydrogens is 454 g/mol. The van der Waals surface area contributed by atoms with Crippen molar-refractivity contribution in [2.24, 2.45) is 5.73 Å². The van der Waals surface area contributed by atoms with Crippen LogP contribution < -0.4 is 10.5 Å². The molecule has 0 aromatic heterocycles. The molecule has 1 fully saturated rings. The number of aliphatic carboxylic acids is 1. The van der Waals surface area contributed by atoms with Crippen molar-refractivity contribution in [1.29, 1.82) is 0 Å². The predicted molar refractivity (Wildman–Crippen MR) is 128 cm³/mol. The smallest absolute Gasteiger partial charge is 0.326 e. The van der Waals surface area contributed by atoms with Crippen LogP contribution in [0.1, 0.15) is 24.0 Å². The van der Waals surface area contributed by atoms with E-state index in [-0.39, 0.29) is 17.9 Å². The van der Waals surface area contributed by atoms with Gasteiger partial charge in [0.05, 0.1) is 4.90 Å². The van der Waals surface area contributed by atoms with Crippen LogP contribution >= 0.6 is 0 Å². The lowest BCUT2D eigenvalue weighted by molar-refractivity contribution is -0.148. The summed E-state index contributed by atoms with van der Waals surface area (Å²) in [5.74, 6) is -1.63. The Kier molecular flexibility index (Phi) is 6.97. The van der Waals surface area contributed by atoms with E-state index in [0.717, 1.165) is 21.9 Å². The Morgan fingerprint density at radius 2 is 1.71 bits per heavy atom. The van der Waals surface area contributed by atoms with Gasteiger partial charge in [0.1, 0.15) is 12.1 Å². The third-order valence-electron chi connectivity index (χ3n) is 6.15. The van der Waals surface area contributed by atoms with E-state index in [9.17, 15) is 23.1 Å². The molecule has 34 heavy (non-hydrogen) atoms. The first-order chi connectivity index (χ1) is 16.3. The number of carboxylic acid groups (broad SMARTS) is 1. The molecule has 4 rings (SSSR count). The van der Waals surface area contributed by atoms with Crippen LogP contribution in [0.25, 0.3) is 10.8 Å². The zero-order valence-electron chi connectivity index (χ0n) is 18.6. The molecule has 0 unspecified atom stereocenters. The van der Waals surface area contributed by atoms with E-state index >= 15 is 0 Å². The van der Waals surface area contributed by atoms with Gasteiger partial charge < -0.3 is 15.7 Å². The lowest BCUT2D eigenvalue weighted by atomic mass is 10.0. The van der Waals surface area contributed by atoms with Crippen LogP contribution in [0.3, 0.4) is 0 Å². The van der Waals surface area contributed by atoms with Crippen LogP contribution in [-0.4, -0.2) is 48.9 Å². The fraction of sp³-hybridized carbons (Fsp3) is 0.280. The topological polar surface area (TPSA) is 130 Å². The molecule has 0 aliphatic carbocycles. The van der Waals surface area contributed by atoms with Crippen molar-refractivity contribution in [3.63, 3.8) is 0 Å². The lowest BCUT2D eigenvalue weighted by Gasteiger charge is -2.27. The Bertz CT molecular complexity index is 1310. The van der Waals surface area contributed by atoms with E-state index in [1.807, 2.05) is 36.4 Å². The molecule has 3 aromatic carbocycles. The highest BCUT2D eigenvalue weighted by Crippen LogP contribution is 2.22. The van der Waals surface area contributed by atoms with Crippen LogP contribution in [0, 0.1) is 0 Å². The Morgan fingerprint density at radius 1 is 1.03 bits per heavy atom. The summed E-state index contributed by atoms with van der Waals surface area (Å²) in [6.45, 7) is 0.640. The van der Waals surface area contributed by atoms with Crippen molar-refractivity contribution in [3.05, 3.63) is 77.9 Å². The van der Waals surface area contributed by atoms with Crippen molar-refractivity contribution < 1.29 is 23.1 Å². The van der Waals surface area contributed by atoms with Gasteiger partial charge in [0.2, 0.25) is 15.9 Å². The summed E-state index contributed by atoms with van der Waals surface area (Å²) >= 11 is 0. The number of carbonyl (C=O) groups excluding carboxylic acids is 1. The molecule has 4 N–H and O–H groups in total. The largest absolute Gasteiger partial charge is 0.480 e. The number of likely N-dealkylation sites (tertiary alicyclic amines) is 1. The fourth-order valence-corrected chi connectivity index (χ4v) is 5.53. The maximum atomic E-state index is 13.4. The number of hydrogen-bond donors (Lipinski definition) is 3. The lowest BCUT2D eigenvalue weighted by Crippen LogP contribution is -2.52. The van der Waals surface area contributed by atoms with E-state index in [0.29, 0.717) is 19.4 Å². The molecule has 178 valence electrons. The number of nitrogens with two attached hydrogens (primary N) is 1. The maximum Gasteiger partial charge on any atom is 0.326 e. The number of benzene rings is 3. The highest BCUT2D eigenvalue weighted by Gasteiger charge is 2.38. The molecule has 1 heterocycles. The van der Waals surface area contributed by atoms with Crippen molar-refractivity contribution in [2.75, 3.05) is 6.54 Å². The zero-order chi connectivity index (χ0) is 24.3. The molecule has 1 saturated heterocycles. The van der Waals surface area contributed by atoms with E-state index in [1.165, 1.54) is 11.0 Å². The molecule has 0 radical (unpaired) electrons. The number of nitrogens with one attached hydrogen (secondary N) is 1. The number of hydrogen-bond acceptors (Lipinski definition) is 5. The van der Waals surface area contributed by atoms with Gasteiger partial charge in [-0.25, -0.2) is 13.2 Å². The van der Waals surface area contributed by atoms with E-state index < -0.39 is 34.0 Å². The Balaban J connectivity index is 1.65. The van der Waals surface area contributed by atoms with Gasteiger partial charge in [0, 0.05) is 13.1 Å². The van der Waals surface area contributed by atoms with Gasteiger partial charge in [-0.15, -0.1) is 0 Å². The van der Waals surface area contributed by atoms with Gasteiger partial charge in [-0.2, -0.15) is 4.72 Å². The third-order valence-corrected chi connectivity index (χ3v) is 7.62. The summed E-state index contributed by atoms with van der Waals surface area (Å²) in [6, 6.07) is 17.3. The average Bonchev–Trinajstić information content (AvgIpc) is 3.33. The number of carbonyl (C=O) groups is 2. The van der Waals surface area contributed by atoms with Gasteiger partial charge >= 0.3 is 5.97 Å². The molecule has 3 aromatic rings. The number of fused-ring (bicyclic) bond motifs is 1. The van der Waals surface area contributed by atoms with Gasteiger partial charge in [0.25, 0.3) is 0 Å².